The van der Waals surface area contributed by atoms with Gasteiger partial charge in [-0.25, -0.2) is 4.98 Å². The summed E-state index contributed by atoms with van der Waals surface area (Å²) in [5, 5.41) is 2.87. The van der Waals surface area contributed by atoms with Gasteiger partial charge in [-0.3, -0.25) is 9.59 Å². The molecule has 152 valence electrons. The number of nitrogens with one attached hydrogen (secondary N) is 1. The van der Waals surface area contributed by atoms with E-state index in [2.05, 4.69) is 10.3 Å². The van der Waals surface area contributed by atoms with Gasteiger partial charge in [0, 0.05) is 34.0 Å². The maximum absolute atomic E-state index is 12.3. The monoisotopic (exact) mass is 421 g/mol. The summed E-state index contributed by atoms with van der Waals surface area (Å²) in [6.07, 6.45) is 0. The van der Waals surface area contributed by atoms with Gasteiger partial charge in [0.2, 0.25) is 0 Å². The molecule has 0 bridgehead atoms. The third-order valence-electron chi connectivity index (χ3n) is 4.38. The molecule has 8 heteroatoms. The topological polar surface area (TPSA) is 85.8 Å². The van der Waals surface area contributed by atoms with Gasteiger partial charge >= 0.3 is 0 Å². The molecule has 0 saturated heterocycles. The summed E-state index contributed by atoms with van der Waals surface area (Å²) in [5.74, 6) is 1.70. The van der Waals surface area contributed by atoms with E-state index in [1.165, 1.54) is 10.6 Å². The summed E-state index contributed by atoms with van der Waals surface area (Å²) in [7, 11) is 1.58. The average Bonchev–Trinajstić information content (AvgIpc) is 3.14. The highest BCUT2D eigenvalue weighted by Crippen LogP contribution is 2.24. The molecule has 0 aliphatic rings. The Hall–Kier alpha value is -3.52. The van der Waals surface area contributed by atoms with Gasteiger partial charge < -0.3 is 14.6 Å². The summed E-state index contributed by atoms with van der Waals surface area (Å²) >= 11 is 1.56. The molecule has 30 heavy (non-hydrogen) atoms. The molecular weight excluding hydrogens is 402 g/mol. The average molecular weight is 421 g/mol. The van der Waals surface area contributed by atoms with E-state index in [4.69, 9.17) is 9.26 Å². The Kier molecular flexibility index (Phi) is 5.58. The van der Waals surface area contributed by atoms with Crippen LogP contribution in [0.25, 0.3) is 5.65 Å². The van der Waals surface area contributed by atoms with Gasteiger partial charge in [-0.2, -0.15) is 0 Å². The predicted molar refractivity (Wildman–Crippen MR) is 115 cm³/mol. The number of aryl methyl sites for hydroxylation is 1. The van der Waals surface area contributed by atoms with Crippen molar-refractivity contribution >= 4 is 29.0 Å². The van der Waals surface area contributed by atoms with Crippen molar-refractivity contribution in [3.8, 4) is 5.75 Å². The van der Waals surface area contributed by atoms with E-state index in [0.29, 0.717) is 39.9 Å². The number of carbonyl (C=O) groups is 1. The van der Waals surface area contributed by atoms with Crippen LogP contribution in [0.2, 0.25) is 0 Å². The van der Waals surface area contributed by atoms with Crippen molar-refractivity contribution in [2.75, 3.05) is 12.4 Å². The van der Waals surface area contributed by atoms with Crippen LogP contribution in [0.4, 0.5) is 5.69 Å². The number of benzene rings is 2. The van der Waals surface area contributed by atoms with Gasteiger partial charge in [0.15, 0.2) is 5.65 Å². The lowest BCUT2D eigenvalue weighted by atomic mass is 10.2. The highest BCUT2D eigenvalue weighted by molar-refractivity contribution is 7.98. The number of aromatic nitrogens is 2. The van der Waals surface area contributed by atoms with E-state index < -0.39 is 0 Å². The molecule has 0 atom stereocenters. The molecule has 0 unspecified atom stereocenters. The lowest BCUT2D eigenvalue weighted by Gasteiger charge is -2.07. The third kappa shape index (κ3) is 4.38. The molecule has 0 aliphatic carbocycles. The number of thioether (sulfide) groups is 1. The second-order valence-electron chi connectivity index (χ2n) is 6.58. The van der Waals surface area contributed by atoms with E-state index >= 15 is 0 Å². The number of rotatable bonds is 6. The van der Waals surface area contributed by atoms with Crippen LogP contribution >= 0.6 is 11.8 Å². The Labute approximate surface area is 176 Å². The minimum atomic E-state index is -0.236. The van der Waals surface area contributed by atoms with Gasteiger partial charge in [0.25, 0.3) is 11.5 Å². The number of methoxy groups -OCH3 is 1. The summed E-state index contributed by atoms with van der Waals surface area (Å²) in [6, 6.07) is 17.7. The molecule has 2 aromatic heterocycles. The lowest BCUT2D eigenvalue weighted by Crippen LogP contribution is -2.12. The molecule has 1 N–H and O–H groups in total. The maximum atomic E-state index is 12.3. The largest absolute Gasteiger partial charge is 0.497 e. The SMILES string of the molecule is COc1ccc(C(=O)Nc2ccc(SCc3cc(=O)n4oc(C)cc4n3)cc2)cc1. The normalized spacial score (nSPS) is 10.9. The Bertz CT molecular complexity index is 1240. The Morgan fingerprint density at radius 3 is 2.57 bits per heavy atom. The fourth-order valence-corrected chi connectivity index (χ4v) is 3.68. The van der Waals surface area contributed by atoms with Gasteiger partial charge in [-0.1, -0.05) is 0 Å². The summed E-state index contributed by atoms with van der Waals surface area (Å²) < 4.78 is 11.6. The summed E-state index contributed by atoms with van der Waals surface area (Å²) in [6.45, 7) is 1.78. The zero-order valence-corrected chi connectivity index (χ0v) is 17.2. The second kappa shape index (κ2) is 8.46. The molecule has 2 heterocycles. The molecule has 0 spiro atoms. The standard InChI is InChI=1S/C22H19N3O4S/c1-14-11-20-23-17(12-21(26)25(20)29-14)13-30-19-9-5-16(6-10-19)24-22(27)15-3-7-18(28-2)8-4-15/h3-12H,13H2,1-2H3,(H,24,27). The number of ether oxygens (including phenoxy) is 1. The molecule has 0 saturated carbocycles. The maximum Gasteiger partial charge on any atom is 0.287 e. The van der Waals surface area contributed by atoms with Crippen LogP contribution in [-0.2, 0) is 5.75 Å². The number of amides is 1. The quantitative estimate of drug-likeness (QED) is 0.471. The molecule has 0 radical (unpaired) electrons. The fourth-order valence-electron chi connectivity index (χ4n) is 2.89. The van der Waals surface area contributed by atoms with Crippen LogP contribution in [-0.4, -0.2) is 22.6 Å². The minimum absolute atomic E-state index is 0.188. The Morgan fingerprint density at radius 2 is 1.87 bits per heavy atom. The van der Waals surface area contributed by atoms with Crippen LogP contribution in [0.3, 0.4) is 0 Å². The van der Waals surface area contributed by atoms with Crippen LogP contribution in [0.15, 0.2) is 74.9 Å². The van der Waals surface area contributed by atoms with Crippen molar-refractivity contribution < 1.29 is 14.1 Å². The highest BCUT2D eigenvalue weighted by atomic mass is 32.2. The van der Waals surface area contributed by atoms with Crippen molar-refractivity contribution in [3.63, 3.8) is 0 Å². The Balaban J connectivity index is 1.38. The number of hydrogen-bond donors (Lipinski definition) is 1. The summed E-state index contributed by atoms with van der Waals surface area (Å²) in [4.78, 5) is 29.9. The molecule has 0 aliphatic heterocycles. The molecule has 4 rings (SSSR count). The van der Waals surface area contributed by atoms with E-state index in [-0.39, 0.29) is 11.5 Å². The molecular formula is C22H19N3O4S. The molecule has 1 amide bonds. The van der Waals surface area contributed by atoms with Crippen molar-refractivity contribution in [2.45, 2.75) is 17.6 Å². The molecule has 2 aromatic carbocycles. The zero-order chi connectivity index (χ0) is 21.1. The number of carbonyl (C=O) groups excluding carboxylic acids is 1. The zero-order valence-electron chi connectivity index (χ0n) is 16.4. The molecule has 4 aromatic rings. The minimum Gasteiger partial charge on any atom is -0.497 e. The summed E-state index contributed by atoms with van der Waals surface area (Å²) in [5.41, 5.74) is 2.21. The van der Waals surface area contributed by atoms with E-state index in [0.717, 1.165) is 4.90 Å². The third-order valence-corrected chi connectivity index (χ3v) is 5.42. The number of fused-ring (bicyclic) bond motifs is 1. The van der Waals surface area contributed by atoms with Crippen molar-refractivity contribution in [2.24, 2.45) is 0 Å². The van der Waals surface area contributed by atoms with Crippen LogP contribution in [0.1, 0.15) is 21.8 Å². The van der Waals surface area contributed by atoms with Crippen LogP contribution in [0.5, 0.6) is 5.75 Å². The van der Waals surface area contributed by atoms with E-state index in [1.807, 2.05) is 24.3 Å². The number of anilines is 1. The first-order chi connectivity index (χ1) is 14.5. The first kappa shape index (κ1) is 19.8. The number of nitrogens with zero attached hydrogens (tertiary/aromatic N) is 2. The van der Waals surface area contributed by atoms with E-state index in [9.17, 15) is 9.59 Å². The van der Waals surface area contributed by atoms with Crippen LogP contribution < -0.4 is 15.6 Å². The first-order valence-corrected chi connectivity index (χ1v) is 10.2. The molecule has 7 nitrogen and oxygen atoms in total. The van der Waals surface area contributed by atoms with Gasteiger partial charge in [0.05, 0.1) is 12.8 Å². The van der Waals surface area contributed by atoms with Gasteiger partial charge in [0.1, 0.15) is 11.5 Å². The lowest BCUT2D eigenvalue weighted by molar-refractivity contribution is 0.102. The molecule has 0 fully saturated rings. The van der Waals surface area contributed by atoms with Crippen LogP contribution in [0, 0.1) is 6.92 Å². The number of hydrogen-bond acceptors (Lipinski definition) is 6. The smallest absolute Gasteiger partial charge is 0.287 e. The first-order valence-electron chi connectivity index (χ1n) is 9.20. The second-order valence-corrected chi connectivity index (χ2v) is 7.63. The van der Waals surface area contributed by atoms with Gasteiger partial charge in [-0.05, 0) is 55.5 Å². The Morgan fingerprint density at radius 1 is 1.13 bits per heavy atom. The van der Waals surface area contributed by atoms with Gasteiger partial charge in [-0.15, -0.1) is 16.3 Å². The van der Waals surface area contributed by atoms with Crippen molar-refractivity contribution in [1.82, 2.24) is 9.56 Å². The predicted octanol–water partition coefficient (Wildman–Crippen LogP) is 4.15. The highest BCUT2D eigenvalue weighted by Gasteiger charge is 2.08. The fraction of sp³-hybridized carbons (Fsp3) is 0.136. The van der Waals surface area contributed by atoms with E-state index in [1.54, 1.807) is 56.1 Å². The van der Waals surface area contributed by atoms with Crippen molar-refractivity contribution in [3.05, 3.63) is 88.0 Å². The van der Waals surface area contributed by atoms with Crippen molar-refractivity contribution in [1.29, 1.82) is 0 Å².